The first kappa shape index (κ1) is 9.80. The summed E-state index contributed by atoms with van der Waals surface area (Å²) in [5.74, 6) is -0.959. The first-order valence-electron chi connectivity index (χ1n) is 4.35. The summed E-state index contributed by atoms with van der Waals surface area (Å²) < 4.78 is 0. The van der Waals surface area contributed by atoms with Crippen LogP contribution in [0.15, 0.2) is 36.5 Å². The standard InChI is InChI=1S/C11H8ClNO2/c12-9-4-3-7(11(14)15)6-8(9)10-2-1-5-13-10/h1-6,13H,(H,14,15). The monoisotopic (exact) mass is 221 g/mol. The highest BCUT2D eigenvalue weighted by Gasteiger charge is 2.09. The molecular formula is C11H8ClNO2. The molecule has 0 aliphatic heterocycles. The van der Waals surface area contributed by atoms with E-state index < -0.39 is 5.97 Å². The second-order valence-corrected chi connectivity index (χ2v) is 3.49. The fourth-order valence-electron chi connectivity index (χ4n) is 1.36. The van der Waals surface area contributed by atoms with Crippen molar-refractivity contribution >= 4 is 17.6 Å². The molecule has 0 saturated heterocycles. The Kier molecular flexibility index (Phi) is 2.47. The smallest absolute Gasteiger partial charge is 0.335 e. The zero-order valence-electron chi connectivity index (χ0n) is 7.70. The van der Waals surface area contributed by atoms with Crippen LogP contribution in [-0.2, 0) is 0 Å². The van der Waals surface area contributed by atoms with Gasteiger partial charge in [0, 0.05) is 22.5 Å². The molecule has 0 aliphatic carbocycles. The zero-order valence-corrected chi connectivity index (χ0v) is 8.45. The number of halogens is 1. The minimum atomic E-state index is -0.959. The van der Waals surface area contributed by atoms with Crippen molar-refractivity contribution in [3.63, 3.8) is 0 Å². The SMILES string of the molecule is O=C(O)c1ccc(Cl)c(-c2ccc[nH]2)c1. The summed E-state index contributed by atoms with van der Waals surface area (Å²) >= 11 is 5.98. The molecule has 0 radical (unpaired) electrons. The number of H-pyrrole nitrogens is 1. The fraction of sp³-hybridized carbons (Fsp3) is 0. The lowest BCUT2D eigenvalue weighted by Gasteiger charge is -2.03. The highest BCUT2D eigenvalue weighted by Crippen LogP contribution is 2.27. The van der Waals surface area contributed by atoms with Crippen LogP contribution in [-0.4, -0.2) is 16.1 Å². The number of aromatic carboxylic acids is 1. The van der Waals surface area contributed by atoms with E-state index in [0.717, 1.165) is 5.69 Å². The first-order valence-corrected chi connectivity index (χ1v) is 4.73. The molecule has 2 rings (SSSR count). The molecule has 0 atom stereocenters. The molecule has 76 valence electrons. The van der Waals surface area contributed by atoms with Gasteiger partial charge in [-0.3, -0.25) is 0 Å². The Labute approximate surface area is 91.3 Å². The number of nitrogens with one attached hydrogen (secondary N) is 1. The van der Waals surface area contributed by atoms with Gasteiger partial charge in [-0.25, -0.2) is 4.79 Å². The Morgan fingerprint density at radius 3 is 2.73 bits per heavy atom. The van der Waals surface area contributed by atoms with Crippen molar-refractivity contribution in [3.05, 3.63) is 47.1 Å². The van der Waals surface area contributed by atoms with Crippen LogP contribution in [0.4, 0.5) is 0 Å². The van der Waals surface area contributed by atoms with Crippen molar-refractivity contribution < 1.29 is 9.90 Å². The van der Waals surface area contributed by atoms with Gasteiger partial charge in [0.25, 0.3) is 0 Å². The van der Waals surface area contributed by atoms with Gasteiger partial charge in [0.05, 0.1) is 5.56 Å². The van der Waals surface area contributed by atoms with Crippen LogP contribution < -0.4 is 0 Å². The van der Waals surface area contributed by atoms with Gasteiger partial charge < -0.3 is 10.1 Å². The Bertz CT molecular complexity index is 491. The number of benzene rings is 1. The van der Waals surface area contributed by atoms with Crippen LogP contribution in [0.2, 0.25) is 5.02 Å². The van der Waals surface area contributed by atoms with Crippen LogP contribution in [0, 0.1) is 0 Å². The molecule has 3 nitrogen and oxygen atoms in total. The number of hydrogen-bond donors (Lipinski definition) is 2. The molecule has 0 aliphatic rings. The number of aromatic nitrogens is 1. The predicted molar refractivity (Wildman–Crippen MR) is 58.2 cm³/mol. The van der Waals surface area contributed by atoms with E-state index in [-0.39, 0.29) is 5.56 Å². The van der Waals surface area contributed by atoms with Crippen molar-refractivity contribution in [1.29, 1.82) is 0 Å². The van der Waals surface area contributed by atoms with E-state index in [1.165, 1.54) is 6.07 Å². The molecule has 0 amide bonds. The van der Waals surface area contributed by atoms with Gasteiger partial charge in [-0.2, -0.15) is 0 Å². The number of carbonyl (C=O) groups is 1. The second kappa shape index (κ2) is 3.79. The molecule has 2 N–H and O–H groups in total. The van der Waals surface area contributed by atoms with E-state index in [9.17, 15) is 4.79 Å². The van der Waals surface area contributed by atoms with Gasteiger partial charge in [-0.1, -0.05) is 11.6 Å². The Balaban J connectivity index is 2.55. The molecule has 15 heavy (non-hydrogen) atoms. The van der Waals surface area contributed by atoms with Gasteiger partial charge in [0.15, 0.2) is 0 Å². The molecule has 0 fully saturated rings. The summed E-state index contributed by atoms with van der Waals surface area (Å²) in [4.78, 5) is 13.8. The van der Waals surface area contributed by atoms with Crippen LogP contribution in [0.1, 0.15) is 10.4 Å². The maximum absolute atomic E-state index is 10.8. The molecule has 2 aromatic rings. The summed E-state index contributed by atoms with van der Waals surface area (Å²) in [7, 11) is 0. The molecule has 1 heterocycles. The summed E-state index contributed by atoms with van der Waals surface area (Å²) in [6.07, 6.45) is 1.76. The average molecular weight is 222 g/mol. The number of hydrogen-bond acceptors (Lipinski definition) is 1. The Morgan fingerprint density at radius 1 is 1.33 bits per heavy atom. The third-order valence-corrected chi connectivity index (χ3v) is 2.43. The molecule has 4 heteroatoms. The number of carboxylic acid groups (broad SMARTS) is 1. The largest absolute Gasteiger partial charge is 0.478 e. The molecular weight excluding hydrogens is 214 g/mol. The number of aromatic amines is 1. The molecule has 0 saturated carbocycles. The first-order chi connectivity index (χ1) is 7.18. The Morgan fingerprint density at radius 2 is 2.13 bits per heavy atom. The molecule has 0 unspecified atom stereocenters. The third kappa shape index (κ3) is 1.87. The predicted octanol–water partition coefficient (Wildman–Crippen LogP) is 3.03. The highest BCUT2D eigenvalue weighted by molar-refractivity contribution is 6.33. The van der Waals surface area contributed by atoms with Gasteiger partial charge in [-0.15, -0.1) is 0 Å². The van der Waals surface area contributed by atoms with Crippen molar-refractivity contribution in [1.82, 2.24) is 4.98 Å². The van der Waals surface area contributed by atoms with Gasteiger partial charge in [0.2, 0.25) is 0 Å². The summed E-state index contributed by atoms with van der Waals surface area (Å²) in [5, 5.41) is 9.37. The van der Waals surface area contributed by atoms with Crippen molar-refractivity contribution in [2.24, 2.45) is 0 Å². The quantitative estimate of drug-likeness (QED) is 0.819. The average Bonchev–Trinajstić information content (AvgIpc) is 2.71. The van der Waals surface area contributed by atoms with Crippen LogP contribution in [0.5, 0.6) is 0 Å². The van der Waals surface area contributed by atoms with Crippen molar-refractivity contribution in [3.8, 4) is 11.3 Å². The van der Waals surface area contributed by atoms with Crippen LogP contribution in [0.25, 0.3) is 11.3 Å². The lowest BCUT2D eigenvalue weighted by Crippen LogP contribution is -1.96. The van der Waals surface area contributed by atoms with Crippen LogP contribution >= 0.6 is 11.6 Å². The fourth-order valence-corrected chi connectivity index (χ4v) is 1.58. The number of rotatable bonds is 2. The second-order valence-electron chi connectivity index (χ2n) is 3.08. The maximum atomic E-state index is 10.8. The normalized spacial score (nSPS) is 10.2. The van der Waals surface area contributed by atoms with E-state index in [4.69, 9.17) is 16.7 Å². The van der Waals surface area contributed by atoms with Crippen molar-refractivity contribution in [2.75, 3.05) is 0 Å². The van der Waals surface area contributed by atoms with E-state index in [1.54, 1.807) is 18.3 Å². The van der Waals surface area contributed by atoms with Gasteiger partial charge in [0.1, 0.15) is 0 Å². The summed E-state index contributed by atoms with van der Waals surface area (Å²) in [6.45, 7) is 0. The highest BCUT2D eigenvalue weighted by atomic mass is 35.5. The van der Waals surface area contributed by atoms with E-state index in [1.807, 2.05) is 12.1 Å². The van der Waals surface area contributed by atoms with Gasteiger partial charge in [-0.05, 0) is 30.3 Å². The minimum absolute atomic E-state index is 0.226. The van der Waals surface area contributed by atoms with Crippen molar-refractivity contribution in [2.45, 2.75) is 0 Å². The molecule has 0 spiro atoms. The maximum Gasteiger partial charge on any atom is 0.335 e. The van der Waals surface area contributed by atoms with E-state index >= 15 is 0 Å². The van der Waals surface area contributed by atoms with Crippen LogP contribution in [0.3, 0.4) is 0 Å². The summed E-state index contributed by atoms with van der Waals surface area (Å²) in [6, 6.07) is 8.29. The van der Waals surface area contributed by atoms with E-state index in [2.05, 4.69) is 4.98 Å². The lowest BCUT2D eigenvalue weighted by molar-refractivity contribution is 0.0697. The minimum Gasteiger partial charge on any atom is -0.478 e. The van der Waals surface area contributed by atoms with E-state index in [0.29, 0.717) is 10.6 Å². The topological polar surface area (TPSA) is 53.1 Å². The number of carboxylic acids is 1. The summed E-state index contributed by atoms with van der Waals surface area (Å²) in [5.41, 5.74) is 1.73. The lowest BCUT2D eigenvalue weighted by atomic mass is 10.1. The Hall–Kier alpha value is -1.74. The molecule has 1 aromatic carbocycles. The van der Waals surface area contributed by atoms with Gasteiger partial charge >= 0.3 is 5.97 Å². The molecule has 0 bridgehead atoms. The zero-order chi connectivity index (χ0) is 10.8. The molecule has 1 aromatic heterocycles. The third-order valence-electron chi connectivity index (χ3n) is 2.10.